The first-order valence-electron chi connectivity index (χ1n) is 7.32. The minimum absolute atomic E-state index is 0.0537. The lowest BCUT2D eigenvalue weighted by Gasteiger charge is -2.30. The van der Waals surface area contributed by atoms with Gasteiger partial charge in [0.15, 0.2) is 0 Å². The fourth-order valence-corrected chi connectivity index (χ4v) is 2.33. The monoisotopic (exact) mass is 285 g/mol. The van der Waals surface area contributed by atoms with E-state index in [4.69, 9.17) is 10.5 Å². The number of morpholine rings is 1. The average molecular weight is 285 g/mol. The Morgan fingerprint density at radius 2 is 1.85 bits per heavy atom. The van der Waals surface area contributed by atoms with Gasteiger partial charge in [0.05, 0.1) is 19.1 Å². The third-order valence-corrected chi connectivity index (χ3v) is 3.46. The fourth-order valence-electron chi connectivity index (χ4n) is 2.33. The van der Waals surface area contributed by atoms with Gasteiger partial charge in [0.1, 0.15) is 6.04 Å². The Hall–Kier alpha value is -1.14. The van der Waals surface area contributed by atoms with Crippen LogP contribution in [0.4, 0.5) is 0 Å². The number of hydrogen-bond donors (Lipinski definition) is 2. The minimum Gasteiger partial charge on any atom is -0.378 e. The SMILES string of the molecule is CC(C)CC(CN)C(=O)NC(C)C(=O)N1CCOCC1. The number of nitrogens with two attached hydrogens (primary N) is 1. The molecule has 6 nitrogen and oxygen atoms in total. The number of carbonyl (C=O) groups is 2. The second-order valence-corrected chi connectivity index (χ2v) is 5.73. The number of rotatable bonds is 6. The summed E-state index contributed by atoms with van der Waals surface area (Å²) >= 11 is 0. The van der Waals surface area contributed by atoms with Crippen LogP contribution in [0.3, 0.4) is 0 Å². The molecule has 0 aromatic heterocycles. The largest absolute Gasteiger partial charge is 0.378 e. The summed E-state index contributed by atoms with van der Waals surface area (Å²) in [4.78, 5) is 26.0. The van der Waals surface area contributed by atoms with Gasteiger partial charge in [-0.25, -0.2) is 0 Å². The van der Waals surface area contributed by atoms with E-state index in [9.17, 15) is 9.59 Å². The molecule has 3 N–H and O–H groups in total. The molecule has 0 aliphatic carbocycles. The van der Waals surface area contributed by atoms with Crippen LogP contribution in [0.2, 0.25) is 0 Å². The number of hydrogen-bond acceptors (Lipinski definition) is 4. The van der Waals surface area contributed by atoms with Crippen LogP contribution in [0.15, 0.2) is 0 Å². The van der Waals surface area contributed by atoms with Crippen molar-refractivity contribution in [2.24, 2.45) is 17.6 Å². The summed E-state index contributed by atoms with van der Waals surface area (Å²) in [5.41, 5.74) is 5.64. The lowest BCUT2D eigenvalue weighted by atomic mass is 9.96. The van der Waals surface area contributed by atoms with Gasteiger partial charge in [-0.15, -0.1) is 0 Å². The van der Waals surface area contributed by atoms with Crippen LogP contribution in [-0.4, -0.2) is 55.6 Å². The van der Waals surface area contributed by atoms with Gasteiger partial charge < -0.3 is 20.7 Å². The Bertz CT molecular complexity index is 328. The molecular formula is C14H27N3O3. The predicted octanol–water partition coefficient (Wildman–Crippen LogP) is -0.0291. The maximum Gasteiger partial charge on any atom is 0.245 e. The molecule has 2 atom stereocenters. The number of carbonyl (C=O) groups excluding carboxylic acids is 2. The van der Waals surface area contributed by atoms with E-state index in [1.807, 2.05) is 0 Å². The zero-order valence-electron chi connectivity index (χ0n) is 12.7. The third-order valence-electron chi connectivity index (χ3n) is 3.46. The van der Waals surface area contributed by atoms with Crippen LogP contribution in [0.25, 0.3) is 0 Å². The van der Waals surface area contributed by atoms with E-state index < -0.39 is 6.04 Å². The zero-order chi connectivity index (χ0) is 15.1. The van der Waals surface area contributed by atoms with Gasteiger partial charge in [0.2, 0.25) is 11.8 Å². The molecule has 1 fully saturated rings. The van der Waals surface area contributed by atoms with Gasteiger partial charge in [-0.05, 0) is 19.3 Å². The molecule has 0 bridgehead atoms. The van der Waals surface area contributed by atoms with Gasteiger partial charge >= 0.3 is 0 Å². The fraction of sp³-hybridized carbons (Fsp3) is 0.857. The summed E-state index contributed by atoms with van der Waals surface area (Å²) in [6, 6.07) is -0.512. The second kappa shape index (κ2) is 8.21. The van der Waals surface area contributed by atoms with Crippen molar-refractivity contribution in [1.29, 1.82) is 0 Å². The Labute approximate surface area is 121 Å². The van der Waals surface area contributed by atoms with Gasteiger partial charge in [-0.3, -0.25) is 9.59 Å². The van der Waals surface area contributed by atoms with Gasteiger partial charge in [0, 0.05) is 19.6 Å². The summed E-state index contributed by atoms with van der Waals surface area (Å²) in [5, 5.41) is 2.78. The van der Waals surface area contributed by atoms with Crippen molar-refractivity contribution in [3.63, 3.8) is 0 Å². The van der Waals surface area contributed by atoms with Crippen LogP contribution in [-0.2, 0) is 14.3 Å². The van der Waals surface area contributed by atoms with E-state index in [0.717, 1.165) is 6.42 Å². The predicted molar refractivity (Wildman–Crippen MR) is 77.0 cm³/mol. The molecule has 0 radical (unpaired) electrons. The summed E-state index contributed by atoms with van der Waals surface area (Å²) in [6.45, 7) is 8.44. The quantitative estimate of drug-likeness (QED) is 0.718. The molecule has 1 heterocycles. The molecule has 0 saturated carbocycles. The van der Waals surface area contributed by atoms with Crippen molar-refractivity contribution in [2.75, 3.05) is 32.8 Å². The van der Waals surface area contributed by atoms with Gasteiger partial charge in [-0.2, -0.15) is 0 Å². The van der Waals surface area contributed by atoms with Gasteiger partial charge in [0.25, 0.3) is 0 Å². The van der Waals surface area contributed by atoms with Crippen molar-refractivity contribution in [2.45, 2.75) is 33.2 Å². The maximum atomic E-state index is 12.2. The van der Waals surface area contributed by atoms with Crippen LogP contribution < -0.4 is 11.1 Å². The van der Waals surface area contributed by atoms with Crippen molar-refractivity contribution >= 4 is 11.8 Å². The standard InChI is InChI=1S/C14H27N3O3/c1-10(2)8-12(9-15)13(18)16-11(3)14(19)17-4-6-20-7-5-17/h10-12H,4-9,15H2,1-3H3,(H,16,18). The lowest BCUT2D eigenvalue weighted by Crippen LogP contribution is -2.52. The lowest BCUT2D eigenvalue weighted by molar-refractivity contribution is -0.140. The molecule has 1 aliphatic heterocycles. The van der Waals surface area contributed by atoms with Crippen molar-refractivity contribution in [3.05, 3.63) is 0 Å². The van der Waals surface area contributed by atoms with Gasteiger partial charge in [-0.1, -0.05) is 13.8 Å². The Balaban J connectivity index is 2.48. The highest BCUT2D eigenvalue weighted by molar-refractivity contribution is 5.88. The van der Waals surface area contributed by atoms with E-state index >= 15 is 0 Å². The smallest absolute Gasteiger partial charge is 0.245 e. The highest BCUT2D eigenvalue weighted by Crippen LogP contribution is 2.11. The molecule has 1 saturated heterocycles. The molecule has 0 spiro atoms. The Morgan fingerprint density at radius 1 is 1.25 bits per heavy atom. The van der Waals surface area contributed by atoms with E-state index in [2.05, 4.69) is 19.2 Å². The summed E-state index contributed by atoms with van der Waals surface area (Å²) in [5.74, 6) is -0.00762. The zero-order valence-corrected chi connectivity index (χ0v) is 12.7. The molecular weight excluding hydrogens is 258 g/mol. The molecule has 1 rings (SSSR count). The topological polar surface area (TPSA) is 84.7 Å². The van der Waals surface area contributed by atoms with Crippen LogP contribution in [0, 0.1) is 11.8 Å². The first-order chi connectivity index (χ1) is 9.45. The summed E-state index contributed by atoms with van der Waals surface area (Å²) in [7, 11) is 0. The molecule has 0 aromatic rings. The Kier molecular flexibility index (Phi) is 6.95. The normalized spacial score (nSPS) is 18.8. The molecule has 2 amide bonds. The second-order valence-electron chi connectivity index (χ2n) is 5.73. The van der Waals surface area contributed by atoms with E-state index in [1.165, 1.54) is 0 Å². The number of nitrogens with one attached hydrogen (secondary N) is 1. The van der Waals surface area contributed by atoms with Crippen LogP contribution in [0.1, 0.15) is 27.2 Å². The van der Waals surface area contributed by atoms with Crippen molar-refractivity contribution in [3.8, 4) is 0 Å². The van der Waals surface area contributed by atoms with Crippen LogP contribution >= 0.6 is 0 Å². The molecule has 0 aromatic carbocycles. The summed E-state index contributed by atoms with van der Waals surface area (Å²) < 4.78 is 5.21. The third kappa shape index (κ3) is 5.09. The average Bonchev–Trinajstić information content (AvgIpc) is 2.44. The number of nitrogens with zero attached hydrogens (tertiary/aromatic N) is 1. The van der Waals surface area contributed by atoms with Crippen LogP contribution in [0.5, 0.6) is 0 Å². The van der Waals surface area contributed by atoms with E-state index in [1.54, 1.807) is 11.8 Å². The first-order valence-corrected chi connectivity index (χ1v) is 7.32. The minimum atomic E-state index is -0.512. The van der Waals surface area contributed by atoms with E-state index in [-0.39, 0.29) is 17.7 Å². The highest BCUT2D eigenvalue weighted by Gasteiger charge is 2.26. The molecule has 2 unspecified atom stereocenters. The Morgan fingerprint density at radius 3 is 2.35 bits per heavy atom. The molecule has 116 valence electrons. The number of ether oxygens (including phenoxy) is 1. The molecule has 6 heteroatoms. The van der Waals surface area contributed by atoms with Crippen molar-refractivity contribution < 1.29 is 14.3 Å². The highest BCUT2D eigenvalue weighted by atomic mass is 16.5. The van der Waals surface area contributed by atoms with E-state index in [0.29, 0.717) is 38.8 Å². The maximum absolute atomic E-state index is 12.2. The van der Waals surface area contributed by atoms with Crippen molar-refractivity contribution in [1.82, 2.24) is 10.2 Å². The molecule has 20 heavy (non-hydrogen) atoms. The number of amides is 2. The summed E-state index contributed by atoms with van der Waals surface area (Å²) in [6.07, 6.45) is 0.737. The molecule has 1 aliphatic rings. The first kappa shape index (κ1) is 16.9.